The van der Waals surface area contributed by atoms with Crippen LogP contribution in [0.25, 0.3) is 0 Å². The van der Waals surface area contributed by atoms with E-state index in [1.165, 1.54) is 5.56 Å². The van der Waals surface area contributed by atoms with Crippen molar-refractivity contribution in [3.05, 3.63) is 59.7 Å². The summed E-state index contributed by atoms with van der Waals surface area (Å²) in [5, 5.41) is 5.66. The van der Waals surface area contributed by atoms with Crippen LogP contribution in [0.3, 0.4) is 0 Å². The average Bonchev–Trinajstić information content (AvgIpc) is 2.61. The fraction of sp³-hybridized carbons (Fsp3) is 0.300. The predicted molar refractivity (Wildman–Crippen MR) is 99.8 cm³/mol. The maximum Gasteiger partial charge on any atom is 0.266 e. The van der Waals surface area contributed by atoms with Crippen LogP contribution in [0.2, 0.25) is 0 Å². The lowest BCUT2D eigenvalue weighted by atomic mass is 10.1. The number of anilines is 1. The molecule has 2 N–H and O–H groups in total. The molecule has 2 amide bonds. The Morgan fingerprint density at radius 1 is 1.12 bits per heavy atom. The second-order valence-electron chi connectivity index (χ2n) is 6.58. The highest BCUT2D eigenvalue weighted by Gasteiger charge is 2.29. The number of amides is 2. The van der Waals surface area contributed by atoms with Crippen LogP contribution >= 0.6 is 0 Å². The van der Waals surface area contributed by atoms with Crippen LogP contribution in [-0.2, 0) is 22.7 Å². The second kappa shape index (κ2) is 8.01. The van der Waals surface area contributed by atoms with E-state index in [1.807, 2.05) is 44.4 Å². The van der Waals surface area contributed by atoms with E-state index in [2.05, 4.69) is 21.6 Å². The maximum atomic E-state index is 12.3. The third-order valence-electron chi connectivity index (χ3n) is 4.16. The van der Waals surface area contributed by atoms with E-state index in [0.717, 1.165) is 12.1 Å². The van der Waals surface area contributed by atoms with Gasteiger partial charge in [-0.15, -0.1) is 0 Å². The van der Waals surface area contributed by atoms with Crippen molar-refractivity contribution in [2.45, 2.75) is 25.6 Å². The SMILES string of the molecule is CN(C)Cc1ccccc1CNC(=O)C[C@H]1Oc2ccccc2NC1=O. The number of para-hydroxylation sites is 2. The van der Waals surface area contributed by atoms with Crippen LogP contribution in [0, 0.1) is 0 Å². The maximum absolute atomic E-state index is 12.3. The van der Waals surface area contributed by atoms with Gasteiger partial charge in [0.2, 0.25) is 5.91 Å². The van der Waals surface area contributed by atoms with Crippen LogP contribution < -0.4 is 15.4 Å². The highest BCUT2D eigenvalue weighted by Crippen LogP contribution is 2.29. The van der Waals surface area contributed by atoms with Crippen molar-refractivity contribution in [1.82, 2.24) is 10.2 Å². The molecule has 0 fully saturated rings. The van der Waals surface area contributed by atoms with Gasteiger partial charge in [-0.3, -0.25) is 9.59 Å². The Morgan fingerprint density at radius 3 is 2.58 bits per heavy atom. The summed E-state index contributed by atoms with van der Waals surface area (Å²) in [6, 6.07) is 15.2. The van der Waals surface area contributed by atoms with Crippen LogP contribution in [0.15, 0.2) is 48.5 Å². The largest absolute Gasteiger partial charge is 0.478 e. The molecule has 1 atom stereocenters. The number of carbonyl (C=O) groups is 2. The van der Waals surface area contributed by atoms with Crippen LogP contribution in [0.5, 0.6) is 5.75 Å². The molecular formula is C20H23N3O3. The molecule has 0 unspecified atom stereocenters. The lowest BCUT2D eigenvalue weighted by Gasteiger charge is -2.25. The summed E-state index contributed by atoms with van der Waals surface area (Å²) in [4.78, 5) is 26.5. The van der Waals surface area contributed by atoms with Crippen molar-refractivity contribution >= 4 is 17.5 Å². The van der Waals surface area contributed by atoms with E-state index >= 15 is 0 Å². The Balaban J connectivity index is 1.58. The first-order valence-electron chi connectivity index (χ1n) is 8.57. The zero-order chi connectivity index (χ0) is 18.5. The standard InChI is InChI=1S/C20H23N3O3/c1-23(2)13-15-8-4-3-7-14(15)12-21-19(24)11-18-20(25)22-16-9-5-6-10-17(16)26-18/h3-10,18H,11-13H2,1-2H3,(H,21,24)(H,22,25)/t18-/m1/s1. The Morgan fingerprint density at radius 2 is 1.81 bits per heavy atom. The number of benzene rings is 2. The molecule has 0 aliphatic carbocycles. The Kier molecular flexibility index (Phi) is 5.53. The van der Waals surface area contributed by atoms with E-state index in [0.29, 0.717) is 18.0 Å². The summed E-state index contributed by atoms with van der Waals surface area (Å²) >= 11 is 0. The summed E-state index contributed by atoms with van der Waals surface area (Å²) < 4.78 is 5.66. The summed E-state index contributed by atoms with van der Waals surface area (Å²) in [6.45, 7) is 1.23. The first-order chi connectivity index (χ1) is 12.5. The van der Waals surface area contributed by atoms with E-state index in [1.54, 1.807) is 12.1 Å². The number of hydrogen-bond donors (Lipinski definition) is 2. The molecule has 0 bridgehead atoms. The fourth-order valence-corrected chi connectivity index (χ4v) is 2.89. The minimum Gasteiger partial charge on any atom is -0.478 e. The van der Waals surface area contributed by atoms with Gasteiger partial charge in [-0.2, -0.15) is 0 Å². The molecule has 0 aromatic heterocycles. The van der Waals surface area contributed by atoms with Crippen molar-refractivity contribution in [3.8, 4) is 5.75 Å². The van der Waals surface area contributed by atoms with Crippen LogP contribution in [0.1, 0.15) is 17.5 Å². The van der Waals surface area contributed by atoms with Gasteiger partial charge in [-0.1, -0.05) is 36.4 Å². The molecule has 0 spiro atoms. The minimum atomic E-state index is -0.818. The zero-order valence-electron chi connectivity index (χ0n) is 15.0. The molecule has 0 saturated heterocycles. The monoisotopic (exact) mass is 353 g/mol. The molecule has 0 radical (unpaired) electrons. The topological polar surface area (TPSA) is 70.7 Å². The summed E-state index contributed by atoms with van der Waals surface area (Å²) in [7, 11) is 4.01. The number of rotatable bonds is 6. The van der Waals surface area contributed by atoms with Gasteiger partial charge in [0, 0.05) is 13.1 Å². The molecule has 1 aliphatic heterocycles. The van der Waals surface area contributed by atoms with E-state index in [-0.39, 0.29) is 18.2 Å². The normalized spacial score (nSPS) is 15.8. The molecule has 6 nitrogen and oxygen atoms in total. The van der Waals surface area contributed by atoms with Gasteiger partial charge < -0.3 is 20.3 Å². The number of fused-ring (bicyclic) bond motifs is 1. The van der Waals surface area contributed by atoms with E-state index in [9.17, 15) is 9.59 Å². The molecule has 1 heterocycles. The van der Waals surface area contributed by atoms with Crippen molar-refractivity contribution in [3.63, 3.8) is 0 Å². The molecule has 26 heavy (non-hydrogen) atoms. The fourth-order valence-electron chi connectivity index (χ4n) is 2.89. The number of ether oxygens (including phenoxy) is 1. The number of hydrogen-bond acceptors (Lipinski definition) is 4. The van der Waals surface area contributed by atoms with Gasteiger partial charge in [0.1, 0.15) is 5.75 Å². The Hall–Kier alpha value is -2.86. The second-order valence-corrected chi connectivity index (χ2v) is 6.58. The zero-order valence-corrected chi connectivity index (χ0v) is 15.0. The van der Waals surface area contributed by atoms with Gasteiger partial charge in [0.25, 0.3) is 5.91 Å². The Bertz CT molecular complexity index is 804. The first-order valence-corrected chi connectivity index (χ1v) is 8.57. The quantitative estimate of drug-likeness (QED) is 0.835. The molecule has 2 aromatic carbocycles. The third kappa shape index (κ3) is 4.40. The number of carbonyl (C=O) groups excluding carboxylic acids is 2. The van der Waals surface area contributed by atoms with Gasteiger partial charge in [0.15, 0.2) is 6.10 Å². The summed E-state index contributed by atoms with van der Waals surface area (Å²) in [5.41, 5.74) is 2.86. The van der Waals surface area contributed by atoms with Crippen LogP contribution in [-0.4, -0.2) is 36.9 Å². The molecule has 6 heteroatoms. The highest BCUT2D eigenvalue weighted by atomic mass is 16.5. The summed E-state index contributed by atoms with van der Waals surface area (Å²) in [6.07, 6.45) is -0.836. The van der Waals surface area contributed by atoms with Crippen molar-refractivity contribution in [2.75, 3.05) is 19.4 Å². The first kappa shape index (κ1) is 17.9. The van der Waals surface area contributed by atoms with E-state index in [4.69, 9.17) is 4.74 Å². The van der Waals surface area contributed by atoms with Crippen molar-refractivity contribution in [1.29, 1.82) is 0 Å². The third-order valence-corrected chi connectivity index (χ3v) is 4.16. The molecule has 1 aliphatic rings. The van der Waals surface area contributed by atoms with E-state index < -0.39 is 6.10 Å². The van der Waals surface area contributed by atoms with Gasteiger partial charge in [-0.05, 0) is 37.4 Å². The molecule has 2 aromatic rings. The van der Waals surface area contributed by atoms with Crippen molar-refractivity contribution < 1.29 is 14.3 Å². The Labute approximate surface area is 153 Å². The molecule has 3 rings (SSSR count). The van der Waals surface area contributed by atoms with Gasteiger partial charge in [0.05, 0.1) is 12.1 Å². The molecular weight excluding hydrogens is 330 g/mol. The van der Waals surface area contributed by atoms with Gasteiger partial charge in [-0.25, -0.2) is 0 Å². The van der Waals surface area contributed by atoms with Gasteiger partial charge >= 0.3 is 0 Å². The van der Waals surface area contributed by atoms with Crippen molar-refractivity contribution in [2.24, 2.45) is 0 Å². The molecule has 136 valence electrons. The lowest BCUT2D eigenvalue weighted by molar-refractivity contribution is -0.130. The smallest absolute Gasteiger partial charge is 0.266 e. The predicted octanol–water partition coefficient (Wildman–Crippen LogP) is 2.15. The summed E-state index contributed by atoms with van der Waals surface area (Å²) in [5.74, 6) is 0.0669. The molecule has 0 saturated carbocycles. The minimum absolute atomic E-state index is 0.0178. The lowest BCUT2D eigenvalue weighted by Crippen LogP contribution is -2.40. The highest BCUT2D eigenvalue weighted by molar-refractivity contribution is 5.99. The van der Waals surface area contributed by atoms with Crippen LogP contribution in [0.4, 0.5) is 5.69 Å². The number of nitrogens with one attached hydrogen (secondary N) is 2. The number of nitrogens with zero attached hydrogens (tertiary/aromatic N) is 1. The average molecular weight is 353 g/mol.